The Morgan fingerprint density at radius 3 is 2.12 bits per heavy atom. The maximum atomic E-state index is 12.2. The van der Waals surface area contributed by atoms with Gasteiger partial charge in [0.2, 0.25) is 0 Å². The fourth-order valence-electron chi connectivity index (χ4n) is 1.32. The molecule has 2 nitrogen and oxygen atoms in total. The van der Waals surface area contributed by atoms with Gasteiger partial charge in [-0.15, -0.1) is 0 Å². The molecule has 0 aliphatic heterocycles. The van der Waals surface area contributed by atoms with E-state index in [2.05, 4.69) is 0 Å². The van der Waals surface area contributed by atoms with E-state index in [-0.39, 0.29) is 5.78 Å². The zero-order chi connectivity index (χ0) is 12.5. The van der Waals surface area contributed by atoms with Crippen molar-refractivity contribution < 1.29 is 9.53 Å². The Bertz CT molecular complexity index is 420. The van der Waals surface area contributed by atoms with E-state index >= 15 is 0 Å². The third kappa shape index (κ3) is 2.50. The Labute approximate surface area is 106 Å². The van der Waals surface area contributed by atoms with Crippen molar-refractivity contribution in [1.29, 1.82) is 0 Å². The molecule has 4 heteroatoms. The second kappa shape index (κ2) is 4.64. The summed E-state index contributed by atoms with van der Waals surface area (Å²) >= 11 is 12.0. The number of halogens is 2. The summed E-state index contributed by atoms with van der Waals surface area (Å²) in [5.74, 6) is 0.256. The Hall–Kier alpha value is -0.730. The van der Waals surface area contributed by atoms with Crippen molar-refractivity contribution in [3.05, 3.63) is 27.7 Å². The highest BCUT2D eigenvalue weighted by Crippen LogP contribution is 2.37. The molecule has 1 aromatic rings. The largest absolute Gasteiger partial charge is 0.494 e. The lowest BCUT2D eigenvalue weighted by atomic mass is 9.86. The van der Waals surface area contributed by atoms with Crippen molar-refractivity contribution in [2.24, 2.45) is 5.41 Å². The number of benzene rings is 1. The lowest BCUT2D eigenvalue weighted by Gasteiger charge is -2.20. The van der Waals surface area contributed by atoms with Gasteiger partial charge in [-0.3, -0.25) is 4.79 Å². The highest BCUT2D eigenvalue weighted by atomic mass is 35.5. The number of methoxy groups -OCH3 is 1. The molecule has 1 aromatic carbocycles. The van der Waals surface area contributed by atoms with Gasteiger partial charge in [0.1, 0.15) is 5.75 Å². The summed E-state index contributed by atoms with van der Waals surface area (Å²) < 4.78 is 5.14. The number of ketones is 1. The maximum absolute atomic E-state index is 12.2. The van der Waals surface area contributed by atoms with Gasteiger partial charge in [-0.25, -0.2) is 0 Å². The van der Waals surface area contributed by atoms with Gasteiger partial charge < -0.3 is 4.74 Å². The van der Waals surface area contributed by atoms with Gasteiger partial charge in [-0.05, 0) is 12.1 Å². The highest BCUT2D eigenvalue weighted by molar-refractivity contribution is 6.37. The fraction of sp³-hybridized carbons (Fsp3) is 0.417. The smallest absolute Gasteiger partial charge is 0.173 e. The van der Waals surface area contributed by atoms with Crippen LogP contribution in [0.15, 0.2) is 12.1 Å². The molecular weight excluding hydrogens is 247 g/mol. The Morgan fingerprint density at radius 2 is 1.69 bits per heavy atom. The van der Waals surface area contributed by atoms with Crippen LogP contribution in [0.25, 0.3) is 0 Å². The van der Waals surface area contributed by atoms with E-state index in [0.717, 1.165) is 0 Å². The number of ether oxygens (including phenoxy) is 1. The summed E-state index contributed by atoms with van der Waals surface area (Å²) in [4.78, 5) is 12.2. The van der Waals surface area contributed by atoms with Crippen LogP contribution in [0.3, 0.4) is 0 Å². The van der Waals surface area contributed by atoms with Crippen molar-refractivity contribution in [1.82, 2.24) is 0 Å². The van der Waals surface area contributed by atoms with Crippen LogP contribution < -0.4 is 4.74 Å². The number of hydrogen-bond acceptors (Lipinski definition) is 2. The van der Waals surface area contributed by atoms with Crippen LogP contribution in [0, 0.1) is 5.41 Å². The fourth-order valence-corrected chi connectivity index (χ4v) is 1.79. The van der Waals surface area contributed by atoms with Crippen LogP contribution in [0.2, 0.25) is 10.0 Å². The van der Waals surface area contributed by atoms with Crippen molar-refractivity contribution in [3.8, 4) is 5.75 Å². The molecule has 1 rings (SSSR count). The summed E-state index contributed by atoms with van der Waals surface area (Å²) in [6.45, 7) is 5.48. The minimum atomic E-state index is -0.526. The topological polar surface area (TPSA) is 26.3 Å². The molecule has 0 heterocycles. The number of carbonyl (C=O) groups excluding carboxylic acids is 1. The Kier molecular flexibility index (Phi) is 3.87. The van der Waals surface area contributed by atoms with E-state index < -0.39 is 5.41 Å². The molecule has 0 unspecified atom stereocenters. The van der Waals surface area contributed by atoms with Gasteiger partial charge in [0.15, 0.2) is 5.78 Å². The first-order chi connectivity index (χ1) is 7.29. The quantitative estimate of drug-likeness (QED) is 0.744. The number of Topliss-reactive ketones (excluding diaryl/α,β-unsaturated/α-hetero) is 1. The van der Waals surface area contributed by atoms with Gasteiger partial charge >= 0.3 is 0 Å². The summed E-state index contributed by atoms with van der Waals surface area (Å²) in [6.07, 6.45) is 0. The predicted octanol–water partition coefficient (Wildman–Crippen LogP) is 4.23. The van der Waals surface area contributed by atoms with E-state index in [1.54, 1.807) is 12.1 Å². The first-order valence-electron chi connectivity index (χ1n) is 4.86. The molecule has 0 atom stereocenters. The third-order valence-corrected chi connectivity index (χ3v) is 2.78. The summed E-state index contributed by atoms with van der Waals surface area (Å²) in [5, 5.41) is 0.751. The lowest BCUT2D eigenvalue weighted by molar-refractivity contribution is 0.0855. The van der Waals surface area contributed by atoms with Gasteiger partial charge in [0, 0.05) is 5.41 Å². The van der Waals surface area contributed by atoms with Crippen molar-refractivity contribution in [2.45, 2.75) is 20.8 Å². The average molecular weight is 261 g/mol. The molecule has 88 valence electrons. The van der Waals surface area contributed by atoms with Gasteiger partial charge in [-0.2, -0.15) is 0 Å². The van der Waals surface area contributed by atoms with Gasteiger partial charge in [0.05, 0.1) is 22.7 Å². The molecule has 0 N–H and O–H groups in total. The van der Waals surface area contributed by atoms with Crippen molar-refractivity contribution in [3.63, 3.8) is 0 Å². The van der Waals surface area contributed by atoms with E-state index in [1.165, 1.54) is 7.11 Å². The van der Waals surface area contributed by atoms with Crippen LogP contribution in [-0.4, -0.2) is 12.9 Å². The molecule has 0 saturated carbocycles. The van der Waals surface area contributed by atoms with Crippen LogP contribution in [0.1, 0.15) is 31.1 Å². The first kappa shape index (κ1) is 13.3. The molecule has 0 fully saturated rings. The second-order valence-electron chi connectivity index (χ2n) is 4.52. The van der Waals surface area contributed by atoms with E-state index in [4.69, 9.17) is 27.9 Å². The first-order valence-corrected chi connectivity index (χ1v) is 5.61. The SMILES string of the molecule is COc1c(Cl)ccc(Cl)c1C(=O)C(C)(C)C. The monoisotopic (exact) mass is 260 g/mol. The van der Waals surface area contributed by atoms with Crippen LogP contribution in [0.4, 0.5) is 0 Å². The second-order valence-corrected chi connectivity index (χ2v) is 5.33. The molecule has 0 saturated heterocycles. The van der Waals surface area contributed by atoms with Crippen LogP contribution >= 0.6 is 23.2 Å². The molecule has 0 aliphatic rings. The normalized spacial score (nSPS) is 11.4. The number of carbonyl (C=O) groups is 1. The molecule has 0 radical (unpaired) electrons. The highest BCUT2D eigenvalue weighted by Gasteiger charge is 2.28. The van der Waals surface area contributed by atoms with Gasteiger partial charge in [-0.1, -0.05) is 44.0 Å². The average Bonchev–Trinajstić information content (AvgIpc) is 2.18. The zero-order valence-corrected chi connectivity index (χ0v) is 11.2. The third-order valence-electron chi connectivity index (χ3n) is 2.17. The summed E-state index contributed by atoms with van der Waals surface area (Å²) in [5.41, 5.74) is -0.175. The molecule has 0 spiro atoms. The zero-order valence-electron chi connectivity index (χ0n) is 9.73. The predicted molar refractivity (Wildman–Crippen MR) is 66.8 cm³/mol. The molecular formula is C12H14Cl2O2. The Morgan fingerprint density at radius 1 is 1.19 bits per heavy atom. The standard InChI is InChI=1S/C12H14Cl2O2/c1-12(2,3)11(15)9-7(13)5-6-8(14)10(9)16-4/h5-6H,1-4H3. The molecule has 0 aromatic heterocycles. The summed E-state index contributed by atoms with van der Waals surface area (Å²) in [7, 11) is 1.47. The van der Waals surface area contributed by atoms with E-state index in [1.807, 2.05) is 20.8 Å². The van der Waals surface area contributed by atoms with Gasteiger partial charge in [0.25, 0.3) is 0 Å². The minimum absolute atomic E-state index is 0.0862. The van der Waals surface area contributed by atoms with Crippen LogP contribution in [0.5, 0.6) is 5.75 Å². The van der Waals surface area contributed by atoms with Crippen molar-refractivity contribution >= 4 is 29.0 Å². The molecule has 16 heavy (non-hydrogen) atoms. The number of hydrogen-bond donors (Lipinski definition) is 0. The molecule has 0 bridgehead atoms. The minimum Gasteiger partial charge on any atom is -0.494 e. The van der Waals surface area contributed by atoms with E-state index in [0.29, 0.717) is 21.4 Å². The van der Waals surface area contributed by atoms with E-state index in [9.17, 15) is 4.79 Å². The lowest BCUT2D eigenvalue weighted by Crippen LogP contribution is -2.21. The molecule has 0 amide bonds. The van der Waals surface area contributed by atoms with Crippen molar-refractivity contribution in [2.75, 3.05) is 7.11 Å². The molecule has 0 aliphatic carbocycles. The van der Waals surface area contributed by atoms with Crippen LogP contribution in [-0.2, 0) is 0 Å². The Balaban J connectivity index is 3.43. The number of rotatable bonds is 2. The summed E-state index contributed by atoms with van der Waals surface area (Å²) in [6, 6.07) is 3.22. The maximum Gasteiger partial charge on any atom is 0.173 e.